The van der Waals surface area contributed by atoms with E-state index in [-0.39, 0.29) is 18.6 Å². The van der Waals surface area contributed by atoms with Crippen LogP contribution in [-0.4, -0.2) is 23.2 Å². The van der Waals surface area contributed by atoms with Crippen LogP contribution in [0.15, 0.2) is 18.2 Å². The highest BCUT2D eigenvalue weighted by atomic mass is 19.4. The first kappa shape index (κ1) is 13.6. The van der Waals surface area contributed by atoms with E-state index in [2.05, 4.69) is 4.74 Å². The fourth-order valence-corrected chi connectivity index (χ4v) is 1.34. The number of alkyl halides is 3. The van der Waals surface area contributed by atoms with Crippen molar-refractivity contribution in [3.8, 4) is 11.5 Å². The molecule has 0 unspecified atom stereocenters. The lowest BCUT2D eigenvalue weighted by Gasteiger charge is -2.16. The lowest BCUT2D eigenvalue weighted by atomic mass is 10.0. The minimum absolute atomic E-state index is 0.0980. The number of benzene rings is 1. The second-order valence-corrected chi connectivity index (χ2v) is 3.36. The SMILES string of the molecule is N[C@@H](CCO)c1cccc(OC(F)(F)F)c1O. The third-order valence-corrected chi connectivity index (χ3v) is 2.10. The molecule has 17 heavy (non-hydrogen) atoms. The molecule has 1 atom stereocenters. The molecule has 1 rings (SSSR count). The molecule has 1 aromatic rings. The molecule has 4 N–H and O–H groups in total. The Kier molecular flexibility index (Phi) is 4.19. The molecule has 0 aliphatic heterocycles. The zero-order chi connectivity index (χ0) is 13.1. The smallest absolute Gasteiger partial charge is 0.504 e. The number of aliphatic hydroxyl groups excluding tert-OH is 1. The maximum absolute atomic E-state index is 12.0. The number of hydrogen-bond donors (Lipinski definition) is 3. The molecule has 0 radical (unpaired) electrons. The fraction of sp³-hybridized carbons (Fsp3) is 0.400. The molecular weight excluding hydrogens is 239 g/mol. The standard InChI is InChI=1S/C10H12F3NO3/c11-10(12,13)17-8-3-1-2-6(9(8)16)7(14)4-5-15/h1-3,7,15-16H,4-5,14H2/t7-/m0/s1. The number of phenolic OH excluding ortho intramolecular Hbond substituents is 1. The summed E-state index contributed by atoms with van der Waals surface area (Å²) >= 11 is 0. The van der Waals surface area contributed by atoms with Gasteiger partial charge in [0.15, 0.2) is 11.5 Å². The molecule has 96 valence electrons. The van der Waals surface area contributed by atoms with Crippen molar-refractivity contribution in [1.82, 2.24) is 0 Å². The Bertz CT molecular complexity index is 382. The second-order valence-electron chi connectivity index (χ2n) is 3.36. The van der Waals surface area contributed by atoms with E-state index in [4.69, 9.17) is 10.8 Å². The van der Waals surface area contributed by atoms with Crippen LogP contribution in [0, 0.1) is 0 Å². The van der Waals surface area contributed by atoms with Gasteiger partial charge in [-0.3, -0.25) is 0 Å². The third-order valence-electron chi connectivity index (χ3n) is 2.10. The summed E-state index contributed by atoms with van der Waals surface area (Å²) in [5.41, 5.74) is 5.68. The molecule has 0 saturated heterocycles. The van der Waals surface area contributed by atoms with E-state index in [0.29, 0.717) is 0 Å². The number of hydrogen-bond acceptors (Lipinski definition) is 4. The van der Waals surface area contributed by atoms with Crippen LogP contribution in [0.3, 0.4) is 0 Å². The average molecular weight is 251 g/mol. The van der Waals surface area contributed by atoms with Gasteiger partial charge in [-0.2, -0.15) is 0 Å². The number of aliphatic hydroxyl groups is 1. The highest BCUT2D eigenvalue weighted by Crippen LogP contribution is 2.36. The molecule has 0 bridgehead atoms. The maximum atomic E-state index is 12.0. The van der Waals surface area contributed by atoms with Gasteiger partial charge in [-0.05, 0) is 12.5 Å². The quantitative estimate of drug-likeness (QED) is 0.760. The second kappa shape index (κ2) is 5.24. The highest BCUT2D eigenvalue weighted by molar-refractivity contribution is 5.46. The molecule has 4 nitrogen and oxygen atoms in total. The Labute approximate surface area is 95.4 Å². The molecule has 0 aliphatic rings. The predicted octanol–water partition coefficient (Wildman–Crippen LogP) is 1.67. The van der Waals surface area contributed by atoms with Gasteiger partial charge in [0, 0.05) is 18.2 Å². The van der Waals surface area contributed by atoms with Crippen molar-refractivity contribution in [2.45, 2.75) is 18.8 Å². The summed E-state index contributed by atoms with van der Waals surface area (Å²) in [6, 6.07) is 2.89. The summed E-state index contributed by atoms with van der Waals surface area (Å²) in [6.45, 7) is -0.231. The van der Waals surface area contributed by atoms with Crippen LogP contribution in [0.5, 0.6) is 11.5 Å². The van der Waals surface area contributed by atoms with Crippen molar-refractivity contribution >= 4 is 0 Å². The van der Waals surface area contributed by atoms with Crippen LogP contribution >= 0.6 is 0 Å². The molecule has 0 saturated carbocycles. The van der Waals surface area contributed by atoms with Crippen molar-refractivity contribution in [3.05, 3.63) is 23.8 Å². The van der Waals surface area contributed by atoms with E-state index in [1.54, 1.807) is 0 Å². The maximum Gasteiger partial charge on any atom is 0.573 e. The summed E-state index contributed by atoms with van der Waals surface area (Å²) in [4.78, 5) is 0. The summed E-state index contributed by atoms with van der Waals surface area (Å²) < 4.78 is 39.6. The monoisotopic (exact) mass is 251 g/mol. The summed E-state index contributed by atoms with van der Waals surface area (Å²) in [6.07, 6.45) is -4.75. The Balaban J connectivity index is 2.99. The van der Waals surface area contributed by atoms with Crippen LogP contribution in [0.4, 0.5) is 13.2 Å². The Morgan fingerprint density at radius 1 is 1.35 bits per heavy atom. The summed E-state index contributed by atoms with van der Waals surface area (Å²) in [5, 5.41) is 18.2. The van der Waals surface area contributed by atoms with Gasteiger partial charge in [-0.15, -0.1) is 13.2 Å². The van der Waals surface area contributed by atoms with E-state index in [9.17, 15) is 18.3 Å². The van der Waals surface area contributed by atoms with Gasteiger partial charge < -0.3 is 20.7 Å². The fourth-order valence-electron chi connectivity index (χ4n) is 1.34. The lowest BCUT2D eigenvalue weighted by Crippen LogP contribution is -2.18. The van der Waals surface area contributed by atoms with Crippen LogP contribution in [0.25, 0.3) is 0 Å². The van der Waals surface area contributed by atoms with E-state index >= 15 is 0 Å². The first-order chi connectivity index (χ1) is 7.85. The minimum Gasteiger partial charge on any atom is -0.504 e. The van der Waals surface area contributed by atoms with Crippen LogP contribution in [0.2, 0.25) is 0 Å². The number of nitrogens with two attached hydrogens (primary N) is 1. The van der Waals surface area contributed by atoms with E-state index < -0.39 is 23.9 Å². The Morgan fingerprint density at radius 2 is 2.00 bits per heavy atom. The topological polar surface area (TPSA) is 75.7 Å². The first-order valence-electron chi connectivity index (χ1n) is 4.79. The van der Waals surface area contributed by atoms with Crippen molar-refractivity contribution in [2.75, 3.05) is 6.61 Å². The molecule has 0 spiro atoms. The van der Waals surface area contributed by atoms with Gasteiger partial charge in [0.2, 0.25) is 0 Å². The number of phenols is 1. The van der Waals surface area contributed by atoms with Crippen LogP contribution in [0.1, 0.15) is 18.0 Å². The number of ether oxygens (including phenoxy) is 1. The van der Waals surface area contributed by atoms with Gasteiger partial charge in [0.05, 0.1) is 0 Å². The molecule has 7 heteroatoms. The molecule has 0 amide bonds. The molecule has 1 aromatic carbocycles. The largest absolute Gasteiger partial charge is 0.573 e. The van der Waals surface area contributed by atoms with Crippen molar-refractivity contribution in [3.63, 3.8) is 0 Å². The molecule has 0 aromatic heterocycles. The Hall–Kier alpha value is -1.47. The van der Waals surface area contributed by atoms with E-state index in [0.717, 1.165) is 6.07 Å². The van der Waals surface area contributed by atoms with Gasteiger partial charge in [0.25, 0.3) is 0 Å². The van der Waals surface area contributed by atoms with Gasteiger partial charge in [-0.1, -0.05) is 12.1 Å². The van der Waals surface area contributed by atoms with E-state index in [1.807, 2.05) is 0 Å². The molecule has 0 fully saturated rings. The number of halogens is 3. The molecular formula is C10H12F3NO3. The lowest BCUT2D eigenvalue weighted by molar-refractivity contribution is -0.275. The minimum atomic E-state index is -4.88. The third kappa shape index (κ3) is 3.79. The normalized spacial score (nSPS) is 13.5. The average Bonchev–Trinajstić information content (AvgIpc) is 2.19. The molecule has 0 heterocycles. The number of para-hydroxylation sites is 1. The summed E-state index contributed by atoms with van der Waals surface area (Å²) in [5.74, 6) is -1.37. The number of aromatic hydroxyl groups is 1. The highest BCUT2D eigenvalue weighted by Gasteiger charge is 2.32. The Morgan fingerprint density at radius 3 is 2.53 bits per heavy atom. The van der Waals surface area contributed by atoms with Crippen molar-refractivity contribution in [1.29, 1.82) is 0 Å². The zero-order valence-corrected chi connectivity index (χ0v) is 8.74. The van der Waals surface area contributed by atoms with Crippen LogP contribution < -0.4 is 10.5 Å². The van der Waals surface area contributed by atoms with Gasteiger partial charge >= 0.3 is 6.36 Å². The van der Waals surface area contributed by atoms with Crippen LogP contribution in [-0.2, 0) is 0 Å². The van der Waals surface area contributed by atoms with Crippen molar-refractivity contribution in [2.24, 2.45) is 5.73 Å². The van der Waals surface area contributed by atoms with E-state index in [1.165, 1.54) is 12.1 Å². The van der Waals surface area contributed by atoms with Gasteiger partial charge in [-0.25, -0.2) is 0 Å². The first-order valence-corrected chi connectivity index (χ1v) is 4.79. The zero-order valence-electron chi connectivity index (χ0n) is 8.74. The number of rotatable bonds is 4. The summed E-state index contributed by atoms with van der Waals surface area (Å²) in [7, 11) is 0. The molecule has 0 aliphatic carbocycles. The van der Waals surface area contributed by atoms with Gasteiger partial charge in [0.1, 0.15) is 0 Å². The van der Waals surface area contributed by atoms with Crippen molar-refractivity contribution < 1.29 is 28.1 Å². The predicted molar refractivity (Wildman–Crippen MR) is 53.4 cm³/mol.